The third-order valence-corrected chi connectivity index (χ3v) is 3.21. The Balaban J connectivity index is 2.29. The van der Waals surface area contributed by atoms with Gasteiger partial charge in [-0.05, 0) is 37.1 Å². The first-order valence-electron chi connectivity index (χ1n) is 6.14. The fourth-order valence-corrected chi connectivity index (χ4v) is 2.28. The minimum Gasteiger partial charge on any atom is -0.478 e. The molecule has 1 atom stereocenters. The number of hydrogen-bond donors (Lipinski definition) is 1. The molecule has 0 aromatic heterocycles. The zero-order valence-corrected chi connectivity index (χ0v) is 11.1. The van der Waals surface area contributed by atoms with Crippen molar-refractivity contribution in [2.45, 2.75) is 20.8 Å². The van der Waals surface area contributed by atoms with Crippen LogP contribution >= 0.6 is 0 Å². The van der Waals surface area contributed by atoms with Crippen molar-refractivity contribution < 1.29 is 14.7 Å². The maximum atomic E-state index is 12.3. The summed E-state index contributed by atoms with van der Waals surface area (Å²) in [6.45, 7) is 5.81. The summed E-state index contributed by atoms with van der Waals surface area (Å²) < 4.78 is 0. The monoisotopic (exact) mass is 260 g/mol. The van der Waals surface area contributed by atoms with Crippen molar-refractivity contribution in [1.29, 1.82) is 0 Å². The summed E-state index contributed by atoms with van der Waals surface area (Å²) in [5.41, 5.74) is 1.58. The predicted octanol–water partition coefficient (Wildman–Crippen LogP) is 2.38. The van der Waals surface area contributed by atoms with Gasteiger partial charge in [0.1, 0.15) is 0 Å². The molecule has 0 aliphatic carbocycles. The molecule has 5 heteroatoms. The van der Waals surface area contributed by atoms with Crippen LogP contribution < -0.4 is 5.01 Å². The van der Waals surface area contributed by atoms with Gasteiger partial charge in [-0.25, -0.2) is 9.80 Å². The number of carboxylic acid groups (broad SMARTS) is 1. The minimum atomic E-state index is -0.987. The minimum absolute atomic E-state index is 0.0597. The van der Waals surface area contributed by atoms with Gasteiger partial charge in [0.25, 0.3) is 5.91 Å². The second-order valence-corrected chi connectivity index (χ2v) is 4.97. The molecule has 1 aliphatic heterocycles. The molecule has 0 fully saturated rings. The summed E-state index contributed by atoms with van der Waals surface area (Å²) in [6, 6.07) is 6.14. The van der Waals surface area contributed by atoms with Gasteiger partial charge in [0.05, 0.1) is 17.2 Å². The van der Waals surface area contributed by atoms with Crippen molar-refractivity contribution in [2.75, 3.05) is 5.01 Å². The van der Waals surface area contributed by atoms with E-state index in [-0.39, 0.29) is 23.3 Å². The lowest BCUT2D eigenvalue weighted by Crippen LogP contribution is -2.30. The first-order chi connectivity index (χ1) is 8.91. The molecule has 19 heavy (non-hydrogen) atoms. The Bertz CT molecular complexity index is 546. The van der Waals surface area contributed by atoms with Crippen molar-refractivity contribution in [3.8, 4) is 0 Å². The van der Waals surface area contributed by atoms with E-state index in [0.29, 0.717) is 5.69 Å². The van der Waals surface area contributed by atoms with Crippen LogP contribution in [-0.2, 0) is 4.79 Å². The van der Waals surface area contributed by atoms with Gasteiger partial charge in [-0.15, -0.1) is 0 Å². The van der Waals surface area contributed by atoms with Crippen LogP contribution in [0.5, 0.6) is 0 Å². The van der Waals surface area contributed by atoms with Gasteiger partial charge in [-0.3, -0.25) is 4.79 Å². The Kier molecular flexibility index (Phi) is 3.38. The Morgan fingerprint density at radius 3 is 2.32 bits per heavy atom. The third-order valence-electron chi connectivity index (χ3n) is 3.21. The van der Waals surface area contributed by atoms with Crippen molar-refractivity contribution in [3.05, 3.63) is 29.8 Å². The molecule has 1 aliphatic rings. The molecule has 0 spiro atoms. The number of amides is 1. The summed E-state index contributed by atoms with van der Waals surface area (Å²) in [6.07, 6.45) is 0. The van der Waals surface area contributed by atoms with E-state index in [1.54, 1.807) is 12.1 Å². The lowest BCUT2D eigenvalue weighted by Gasteiger charge is -2.16. The van der Waals surface area contributed by atoms with Gasteiger partial charge in [0.15, 0.2) is 0 Å². The summed E-state index contributed by atoms with van der Waals surface area (Å²) in [5, 5.41) is 14.5. The molecule has 1 unspecified atom stereocenters. The van der Waals surface area contributed by atoms with E-state index in [9.17, 15) is 9.59 Å². The van der Waals surface area contributed by atoms with Crippen LogP contribution in [-0.4, -0.2) is 22.7 Å². The number of hydrazone groups is 1. The van der Waals surface area contributed by atoms with Gasteiger partial charge in [-0.1, -0.05) is 13.8 Å². The van der Waals surface area contributed by atoms with Crippen molar-refractivity contribution in [2.24, 2.45) is 16.9 Å². The second-order valence-electron chi connectivity index (χ2n) is 4.97. The van der Waals surface area contributed by atoms with Crippen LogP contribution in [0.4, 0.5) is 5.69 Å². The van der Waals surface area contributed by atoms with E-state index in [1.807, 2.05) is 20.8 Å². The largest absolute Gasteiger partial charge is 0.478 e. The highest BCUT2D eigenvalue weighted by Crippen LogP contribution is 2.28. The number of carbonyl (C=O) groups excluding carboxylic acids is 1. The second kappa shape index (κ2) is 4.84. The average molecular weight is 260 g/mol. The molecule has 1 amide bonds. The zero-order valence-electron chi connectivity index (χ0n) is 11.1. The molecule has 1 aromatic carbocycles. The van der Waals surface area contributed by atoms with Crippen LogP contribution in [0.2, 0.25) is 0 Å². The molecule has 0 saturated heterocycles. The highest BCUT2D eigenvalue weighted by molar-refractivity contribution is 6.15. The molecule has 0 bridgehead atoms. The lowest BCUT2D eigenvalue weighted by molar-refractivity contribution is -0.120. The molecule has 1 aromatic rings. The molecule has 0 radical (unpaired) electrons. The molecule has 100 valence electrons. The Labute approximate surface area is 111 Å². The van der Waals surface area contributed by atoms with Crippen LogP contribution in [0, 0.1) is 11.8 Å². The highest BCUT2D eigenvalue weighted by Gasteiger charge is 2.36. The maximum Gasteiger partial charge on any atom is 0.335 e. The average Bonchev–Trinajstić information content (AvgIpc) is 2.65. The fourth-order valence-electron chi connectivity index (χ4n) is 2.28. The van der Waals surface area contributed by atoms with E-state index in [4.69, 9.17) is 5.11 Å². The molecule has 5 nitrogen and oxygen atoms in total. The number of carbonyl (C=O) groups is 2. The normalized spacial score (nSPS) is 18.9. The SMILES string of the molecule is CC1=NN(c2ccc(C(=O)O)cc2)C(=O)C1C(C)C. The van der Waals surface area contributed by atoms with Gasteiger partial charge in [0.2, 0.25) is 0 Å². The molecule has 0 saturated carbocycles. The van der Waals surface area contributed by atoms with Crippen molar-refractivity contribution >= 4 is 23.3 Å². The summed E-state index contributed by atoms with van der Waals surface area (Å²) in [4.78, 5) is 23.1. The Morgan fingerprint density at radius 1 is 1.32 bits per heavy atom. The van der Waals surface area contributed by atoms with Crippen molar-refractivity contribution in [3.63, 3.8) is 0 Å². The van der Waals surface area contributed by atoms with Crippen LogP contribution in [0.25, 0.3) is 0 Å². The van der Waals surface area contributed by atoms with Gasteiger partial charge in [0, 0.05) is 5.71 Å². The molecule has 1 heterocycles. The van der Waals surface area contributed by atoms with E-state index in [0.717, 1.165) is 5.71 Å². The number of nitrogens with zero attached hydrogens (tertiary/aromatic N) is 2. The summed E-state index contributed by atoms with van der Waals surface area (Å²) in [7, 11) is 0. The molecular formula is C14H16N2O3. The number of anilines is 1. The van der Waals surface area contributed by atoms with Gasteiger partial charge < -0.3 is 5.11 Å². The van der Waals surface area contributed by atoms with Crippen LogP contribution in [0.3, 0.4) is 0 Å². The number of rotatable bonds is 3. The topological polar surface area (TPSA) is 70.0 Å². The smallest absolute Gasteiger partial charge is 0.335 e. The van der Waals surface area contributed by atoms with E-state index >= 15 is 0 Å². The summed E-state index contributed by atoms with van der Waals surface area (Å²) >= 11 is 0. The third kappa shape index (κ3) is 2.36. The molecule has 1 N–H and O–H groups in total. The first kappa shape index (κ1) is 13.3. The maximum absolute atomic E-state index is 12.3. The predicted molar refractivity (Wildman–Crippen MR) is 72.3 cm³/mol. The standard InChI is InChI=1S/C14H16N2O3/c1-8(2)12-9(3)15-16(13(12)17)11-6-4-10(5-7-11)14(18)19/h4-8,12H,1-3H3,(H,18,19). The Morgan fingerprint density at radius 2 is 1.89 bits per heavy atom. The molecule has 2 rings (SSSR count). The lowest BCUT2D eigenvalue weighted by atomic mass is 9.92. The summed E-state index contributed by atoms with van der Waals surface area (Å²) in [5.74, 6) is -1.05. The number of carboxylic acids is 1. The van der Waals surface area contributed by atoms with Gasteiger partial charge >= 0.3 is 5.97 Å². The van der Waals surface area contributed by atoms with Crippen molar-refractivity contribution in [1.82, 2.24) is 0 Å². The fraction of sp³-hybridized carbons (Fsp3) is 0.357. The quantitative estimate of drug-likeness (QED) is 0.907. The van der Waals surface area contributed by atoms with Crippen LogP contribution in [0.1, 0.15) is 31.1 Å². The van der Waals surface area contributed by atoms with Gasteiger partial charge in [-0.2, -0.15) is 5.10 Å². The van der Waals surface area contributed by atoms with E-state index < -0.39 is 5.97 Å². The van der Waals surface area contributed by atoms with E-state index in [1.165, 1.54) is 17.1 Å². The Hall–Kier alpha value is -2.17. The molecular weight excluding hydrogens is 244 g/mol. The highest BCUT2D eigenvalue weighted by atomic mass is 16.4. The first-order valence-corrected chi connectivity index (χ1v) is 6.14. The van der Waals surface area contributed by atoms with Crippen LogP contribution in [0.15, 0.2) is 29.4 Å². The van der Waals surface area contributed by atoms with E-state index in [2.05, 4.69) is 5.10 Å². The zero-order chi connectivity index (χ0) is 14.2. The number of aromatic carboxylic acids is 1. The number of hydrogen-bond acceptors (Lipinski definition) is 3. The number of benzene rings is 1.